The molecule has 0 fully saturated rings. The van der Waals surface area contributed by atoms with E-state index < -0.39 is 18.0 Å². The van der Waals surface area contributed by atoms with Crippen LogP contribution in [0.25, 0.3) is 5.57 Å². The molecule has 1 aliphatic rings. The number of carboxylic acid groups (broad SMARTS) is 1. The second-order valence-corrected chi connectivity index (χ2v) is 10.2. The smallest absolute Gasteiger partial charge is 0.319 e. The van der Waals surface area contributed by atoms with Crippen molar-refractivity contribution in [1.82, 2.24) is 10.6 Å². The van der Waals surface area contributed by atoms with Crippen molar-refractivity contribution in [3.05, 3.63) is 105 Å². The number of urea groups is 1. The maximum absolute atomic E-state index is 13.0. The first kappa shape index (κ1) is 28.2. The third-order valence-electron chi connectivity index (χ3n) is 6.43. The lowest BCUT2D eigenvalue weighted by atomic mass is 9.91. The standard InChI is InChI=1S/C30H29Cl2N3O4/c31-24-16-25(32)18-26(17-24)34-30(39)35-28(21-8-6-20(7-9-21)19-4-2-1-3-5-19)22-10-12-23(13-11-22)29(38)33-15-14-27(36)37/h4,6-13,16-18,28H,1-3,5,14-15H2,(H,33,38)(H,36,37)(H2,34,35,39). The zero-order valence-corrected chi connectivity index (χ0v) is 22.7. The van der Waals surface area contributed by atoms with Gasteiger partial charge in [0.2, 0.25) is 0 Å². The average molecular weight is 566 g/mol. The number of amides is 3. The van der Waals surface area contributed by atoms with Crippen LogP contribution in [0, 0.1) is 0 Å². The van der Waals surface area contributed by atoms with Crippen molar-refractivity contribution < 1.29 is 19.5 Å². The van der Waals surface area contributed by atoms with Crippen LogP contribution >= 0.6 is 23.2 Å². The summed E-state index contributed by atoms with van der Waals surface area (Å²) in [7, 11) is 0. The molecule has 0 radical (unpaired) electrons. The fraction of sp³-hybridized carbons (Fsp3) is 0.233. The van der Waals surface area contributed by atoms with Crippen LogP contribution in [-0.4, -0.2) is 29.6 Å². The Balaban J connectivity index is 1.56. The number of hydrogen-bond donors (Lipinski definition) is 4. The van der Waals surface area contributed by atoms with E-state index in [2.05, 4.69) is 34.2 Å². The van der Waals surface area contributed by atoms with Gasteiger partial charge in [-0.3, -0.25) is 9.59 Å². The van der Waals surface area contributed by atoms with Crippen molar-refractivity contribution in [3.8, 4) is 0 Å². The van der Waals surface area contributed by atoms with Crippen LogP contribution in [-0.2, 0) is 4.79 Å². The van der Waals surface area contributed by atoms with Gasteiger partial charge in [-0.1, -0.05) is 65.7 Å². The molecule has 3 aromatic carbocycles. The van der Waals surface area contributed by atoms with Crippen LogP contribution in [0.15, 0.2) is 72.8 Å². The number of carbonyl (C=O) groups is 3. The molecule has 4 N–H and O–H groups in total. The number of halogens is 2. The van der Waals surface area contributed by atoms with Gasteiger partial charge < -0.3 is 21.1 Å². The molecule has 1 aliphatic carbocycles. The third kappa shape index (κ3) is 8.09. The fourth-order valence-electron chi connectivity index (χ4n) is 4.49. The normalized spacial score (nSPS) is 13.6. The summed E-state index contributed by atoms with van der Waals surface area (Å²) in [5.41, 5.74) is 4.99. The first-order valence-corrected chi connectivity index (χ1v) is 13.5. The molecule has 0 aliphatic heterocycles. The van der Waals surface area contributed by atoms with Gasteiger partial charge in [0, 0.05) is 27.8 Å². The minimum atomic E-state index is -0.983. The Hall–Kier alpha value is -3.81. The molecule has 0 aromatic heterocycles. The maximum atomic E-state index is 13.0. The van der Waals surface area contributed by atoms with Crippen molar-refractivity contribution in [2.75, 3.05) is 11.9 Å². The summed E-state index contributed by atoms with van der Waals surface area (Å²) < 4.78 is 0. The van der Waals surface area contributed by atoms with E-state index >= 15 is 0 Å². The minimum absolute atomic E-state index is 0.0383. The molecule has 7 nitrogen and oxygen atoms in total. The number of hydrogen-bond acceptors (Lipinski definition) is 3. The molecular weight excluding hydrogens is 537 g/mol. The van der Waals surface area contributed by atoms with E-state index in [0.29, 0.717) is 21.3 Å². The highest BCUT2D eigenvalue weighted by Gasteiger charge is 2.19. The van der Waals surface area contributed by atoms with Gasteiger partial charge in [0.1, 0.15) is 0 Å². The molecule has 0 bridgehead atoms. The van der Waals surface area contributed by atoms with Crippen LogP contribution < -0.4 is 16.0 Å². The molecule has 1 unspecified atom stereocenters. The zero-order chi connectivity index (χ0) is 27.8. The van der Waals surface area contributed by atoms with Gasteiger partial charge >= 0.3 is 12.0 Å². The summed E-state index contributed by atoms with van der Waals surface area (Å²) in [6.45, 7) is 0.0383. The van der Waals surface area contributed by atoms with E-state index in [1.165, 1.54) is 24.0 Å². The van der Waals surface area contributed by atoms with Crippen molar-refractivity contribution in [1.29, 1.82) is 0 Å². The fourth-order valence-corrected chi connectivity index (χ4v) is 5.01. The molecule has 0 saturated heterocycles. The van der Waals surface area contributed by atoms with Gasteiger partial charge in [-0.25, -0.2) is 4.79 Å². The van der Waals surface area contributed by atoms with Crippen LogP contribution in [0.2, 0.25) is 10.0 Å². The SMILES string of the molecule is O=C(O)CCNC(=O)c1ccc(C(NC(=O)Nc2cc(Cl)cc(Cl)c2)c2ccc(C3=CCCCC3)cc2)cc1. The predicted molar refractivity (Wildman–Crippen MR) is 154 cm³/mol. The molecule has 3 amide bonds. The topological polar surface area (TPSA) is 108 Å². The molecule has 4 rings (SSSR count). The number of carbonyl (C=O) groups excluding carboxylic acids is 2. The van der Waals surface area contributed by atoms with Crippen LogP contribution in [0.1, 0.15) is 65.2 Å². The maximum Gasteiger partial charge on any atom is 0.319 e. The molecule has 202 valence electrons. The number of rotatable bonds is 9. The second-order valence-electron chi connectivity index (χ2n) is 9.31. The van der Waals surface area contributed by atoms with E-state index in [1.807, 2.05) is 12.1 Å². The zero-order valence-electron chi connectivity index (χ0n) is 21.2. The summed E-state index contributed by atoms with van der Waals surface area (Å²) in [4.78, 5) is 36.1. The summed E-state index contributed by atoms with van der Waals surface area (Å²) >= 11 is 12.1. The summed E-state index contributed by atoms with van der Waals surface area (Å²) in [6, 6.07) is 18.8. The van der Waals surface area contributed by atoms with E-state index in [1.54, 1.807) is 42.5 Å². The summed E-state index contributed by atoms with van der Waals surface area (Å²) in [6.07, 6.45) is 6.68. The Morgan fingerprint density at radius 2 is 1.51 bits per heavy atom. The number of nitrogens with one attached hydrogen (secondary N) is 3. The number of aliphatic carboxylic acids is 1. The average Bonchev–Trinajstić information content (AvgIpc) is 2.91. The lowest BCUT2D eigenvalue weighted by molar-refractivity contribution is -0.136. The lowest BCUT2D eigenvalue weighted by Crippen LogP contribution is -2.33. The number of allylic oxidation sites excluding steroid dienone is 2. The molecule has 1 atom stereocenters. The van der Waals surface area contributed by atoms with Gasteiger partial charge in [0.15, 0.2) is 0 Å². The van der Waals surface area contributed by atoms with Crippen molar-refractivity contribution in [2.45, 2.75) is 38.1 Å². The lowest BCUT2D eigenvalue weighted by Gasteiger charge is -2.21. The Morgan fingerprint density at radius 1 is 0.872 bits per heavy atom. The highest BCUT2D eigenvalue weighted by atomic mass is 35.5. The highest BCUT2D eigenvalue weighted by molar-refractivity contribution is 6.35. The largest absolute Gasteiger partial charge is 0.481 e. The molecule has 0 spiro atoms. The van der Waals surface area contributed by atoms with Gasteiger partial charge in [0.25, 0.3) is 5.91 Å². The van der Waals surface area contributed by atoms with Crippen LogP contribution in [0.4, 0.5) is 10.5 Å². The monoisotopic (exact) mass is 565 g/mol. The first-order valence-electron chi connectivity index (χ1n) is 12.7. The van der Waals surface area contributed by atoms with E-state index in [9.17, 15) is 14.4 Å². The summed E-state index contributed by atoms with van der Waals surface area (Å²) in [5, 5.41) is 18.0. The van der Waals surface area contributed by atoms with E-state index in [4.69, 9.17) is 28.3 Å². The Labute approximate surface area is 237 Å². The molecule has 0 heterocycles. The molecule has 39 heavy (non-hydrogen) atoms. The molecule has 3 aromatic rings. The van der Waals surface area contributed by atoms with Gasteiger partial charge in [-0.2, -0.15) is 0 Å². The van der Waals surface area contributed by atoms with Gasteiger partial charge in [-0.15, -0.1) is 0 Å². The highest BCUT2D eigenvalue weighted by Crippen LogP contribution is 2.29. The van der Waals surface area contributed by atoms with Crippen molar-refractivity contribution in [2.24, 2.45) is 0 Å². The Bertz CT molecular complexity index is 1350. The van der Waals surface area contributed by atoms with Gasteiger partial charge in [-0.05, 0) is 78.3 Å². The van der Waals surface area contributed by atoms with E-state index in [0.717, 1.165) is 24.0 Å². The number of carboxylic acids is 1. The van der Waals surface area contributed by atoms with Crippen molar-refractivity contribution >= 4 is 52.4 Å². The predicted octanol–water partition coefficient (Wildman–Crippen LogP) is 7.07. The number of benzene rings is 3. The molecular formula is C30H29Cl2N3O4. The number of anilines is 1. The third-order valence-corrected chi connectivity index (χ3v) is 6.87. The minimum Gasteiger partial charge on any atom is -0.481 e. The van der Waals surface area contributed by atoms with Gasteiger partial charge in [0.05, 0.1) is 12.5 Å². The van der Waals surface area contributed by atoms with E-state index in [-0.39, 0.29) is 18.9 Å². The first-order chi connectivity index (χ1) is 18.8. The van der Waals surface area contributed by atoms with Crippen LogP contribution in [0.5, 0.6) is 0 Å². The molecule has 9 heteroatoms. The molecule has 0 saturated carbocycles. The Morgan fingerprint density at radius 3 is 2.10 bits per heavy atom. The van der Waals surface area contributed by atoms with Crippen molar-refractivity contribution in [3.63, 3.8) is 0 Å². The van der Waals surface area contributed by atoms with Crippen LogP contribution in [0.3, 0.4) is 0 Å². The summed E-state index contributed by atoms with van der Waals surface area (Å²) in [5.74, 6) is -1.35. The second kappa shape index (κ2) is 13.3. The quantitative estimate of drug-likeness (QED) is 0.222. The Kier molecular flexibility index (Phi) is 9.63.